The first-order chi connectivity index (χ1) is 10.8. The normalized spacial score (nSPS) is 11.1. The Hall–Kier alpha value is -2.53. The fourth-order valence-corrected chi connectivity index (χ4v) is 3.31. The van der Waals surface area contributed by atoms with E-state index in [-0.39, 0.29) is 0 Å². The molecule has 0 atom stereocenters. The number of para-hydroxylation sites is 2. The first-order valence-electron chi connectivity index (χ1n) is 7.20. The van der Waals surface area contributed by atoms with E-state index in [2.05, 4.69) is 45.4 Å². The van der Waals surface area contributed by atoms with Crippen molar-refractivity contribution in [3.63, 3.8) is 0 Å². The van der Waals surface area contributed by atoms with Gasteiger partial charge in [0.15, 0.2) is 10.9 Å². The van der Waals surface area contributed by atoms with Crippen LogP contribution < -0.4 is 5.32 Å². The Bertz CT molecular complexity index is 961. The molecule has 2 heterocycles. The van der Waals surface area contributed by atoms with Crippen LogP contribution in [0.4, 0.5) is 10.9 Å². The molecule has 22 heavy (non-hydrogen) atoms. The Balaban J connectivity index is 1.69. The summed E-state index contributed by atoms with van der Waals surface area (Å²) in [7, 11) is 0. The van der Waals surface area contributed by atoms with Crippen LogP contribution in [0.25, 0.3) is 21.3 Å². The second kappa shape index (κ2) is 5.35. The number of rotatable bonds is 3. The number of anilines is 2. The predicted octanol–water partition coefficient (Wildman–Crippen LogP) is 4.55. The minimum absolute atomic E-state index is 0.716. The largest absolute Gasteiger partial charge is 0.315 e. The number of aryl methyl sites for hydroxylation is 1. The summed E-state index contributed by atoms with van der Waals surface area (Å²) < 4.78 is 1.19. The van der Waals surface area contributed by atoms with Crippen LogP contribution in [0.15, 0.2) is 48.7 Å². The molecule has 2 aromatic heterocycles. The molecule has 5 heteroatoms. The third-order valence-electron chi connectivity index (χ3n) is 3.54. The van der Waals surface area contributed by atoms with E-state index in [9.17, 15) is 0 Å². The number of hydrogen-bond acceptors (Lipinski definition) is 5. The van der Waals surface area contributed by atoms with E-state index in [1.54, 1.807) is 17.5 Å². The number of thiazole rings is 1. The van der Waals surface area contributed by atoms with Gasteiger partial charge in [-0.3, -0.25) is 4.98 Å². The zero-order valence-electron chi connectivity index (χ0n) is 12.1. The van der Waals surface area contributed by atoms with Crippen LogP contribution in [0, 0.1) is 0 Å². The average Bonchev–Trinajstić information content (AvgIpc) is 2.95. The Morgan fingerprint density at radius 1 is 1.00 bits per heavy atom. The molecule has 1 N–H and O–H groups in total. The molecule has 2 aromatic carbocycles. The summed E-state index contributed by atoms with van der Waals surface area (Å²) >= 11 is 1.64. The van der Waals surface area contributed by atoms with Crippen LogP contribution in [0.2, 0.25) is 0 Å². The topological polar surface area (TPSA) is 50.7 Å². The minimum Gasteiger partial charge on any atom is -0.315 e. The van der Waals surface area contributed by atoms with Crippen molar-refractivity contribution in [3.8, 4) is 0 Å². The van der Waals surface area contributed by atoms with Crippen LogP contribution in [0.5, 0.6) is 0 Å². The highest BCUT2D eigenvalue weighted by molar-refractivity contribution is 7.22. The summed E-state index contributed by atoms with van der Waals surface area (Å²) in [4.78, 5) is 13.6. The summed E-state index contributed by atoms with van der Waals surface area (Å²) in [5.41, 5.74) is 4.11. The lowest BCUT2D eigenvalue weighted by Gasteiger charge is -2.02. The highest BCUT2D eigenvalue weighted by Gasteiger charge is 2.06. The Labute approximate surface area is 131 Å². The van der Waals surface area contributed by atoms with Gasteiger partial charge in [0.05, 0.1) is 27.4 Å². The van der Waals surface area contributed by atoms with Crippen LogP contribution in [-0.4, -0.2) is 15.0 Å². The van der Waals surface area contributed by atoms with Gasteiger partial charge < -0.3 is 5.32 Å². The Kier molecular flexibility index (Phi) is 3.20. The van der Waals surface area contributed by atoms with E-state index in [0.29, 0.717) is 5.82 Å². The maximum atomic E-state index is 4.60. The number of hydrogen-bond donors (Lipinski definition) is 1. The lowest BCUT2D eigenvalue weighted by atomic mass is 10.2. The van der Waals surface area contributed by atoms with Gasteiger partial charge in [-0.15, -0.1) is 0 Å². The summed E-state index contributed by atoms with van der Waals surface area (Å²) in [5.74, 6) is 0.716. The van der Waals surface area contributed by atoms with Gasteiger partial charge >= 0.3 is 0 Å². The maximum absolute atomic E-state index is 4.60. The van der Waals surface area contributed by atoms with E-state index in [1.165, 1.54) is 10.3 Å². The molecule has 0 spiro atoms. The molecule has 0 aliphatic heterocycles. The first kappa shape index (κ1) is 13.2. The van der Waals surface area contributed by atoms with Crippen molar-refractivity contribution < 1.29 is 0 Å². The van der Waals surface area contributed by atoms with Crippen molar-refractivity contribution >= 4 is 43.5 Å². The standard InChI is InChI=1S/C17H14N4S/c1-2-11-7-8-14-15(9-11)22-17(20-14)21-16-10-18-12-5-3-4-6-13(12)19-16/h3-10H,2H2,1H3,(H,19,20,21). The van der Waals surface area contributed by atoms with Crippen LogP contribution >= 0.6 is 11.3 Å². The van der Waals surface area contributed by atoms with E-state index < -0.39 is 0 Å². The van der Waals surface area contributed by atoms with Gasteiger partial charge in [0.2, 0.25) is 0 Å². The molecule has 0 aliphatic rings. The molecule has 0 saturated heterocycles. The van der Waals surface area contributed by atoms with Gasteiger partial charge in [-0.2, -0.15) is 0 Å². The monoisotopic (exact) mass is 306 g/mol. The molecular weight excluding hydrogens is 292 g/mol. The van der Waals surface area contributed by atoms with E-state index in [4.69, 9.17) is 0 Å². The zero-order valence-corrected chi connectivity index (χ0v) is 12.9. The Morgan fingerprint density at radius 3 is 2.73 bits per heavy atom. The first-order valence-corrected chi connectivity index (χ1v) is 8.02. The van der Waals surface area contributed by atoms with Crippen molar-refractivity contribution in [2.75, 3.05) is 5.32 Å². The van der Waals surface area contributed by atoms with E-state index in [0.717, 1.165) is 28.1 Å². The van der Waals surface area contributed by atoms with Gasteiger partial charge in [0, 0.05) is 0 Å². The summed E-state index contributed by atoms with van der Waals surface area (Å²) in [6.07, 6.45) is 2.78. The number of fused-ring (bicyclic) bond motifs is 2. The smallest absolute Gasteiger partial charge is 0.189 e. The summed E-state index contributed by atoms with van der Waals surface area (Å²) in [6.45, 7) is 2.16. The van der Waals surface area contributed by atoms with Crippen molar-refractivity contribution in [3.05, 3.63) is 54.2 Å². The van der Waals surface area contributed by atoms with Crippen LogP contribution in [0.3, 0.4) is 0 Å². The van der Waals surface area contributed by atoms with Crippen molar-refractivity contribution in [2.24, 2.45) is 0 Å². The predicted molar refractivity (Wildman–Crippen MR) is 91.8 cm³/mol. The molecule has 4 nitrogen and oxygen atoms in total. The lowest BCUT2D eigenvalue weighted by Crippen LogP contribution is -1.94. The molecular formula is C17H14N4S. The second-order valence-corrected chi connectivity index (χ2v) is 6.07. The number of nitrogens with zero attached hydrogens (tertiary/aromatic N) is 3. The van der Waals surface area contributed by atoms with Gasteiger partial charge in [-0.1, -0.05) is 36.5 Å². The molecule has 0 radical (unpaired) electrons. The minimum atomic E-state index is 0.716. The number of aromatic nitrogens is 3. The number of benzene rings is 2. The molecule has 0 bridgehead atoms. The van der Waals surface area contributed by atoms with Gasteiger partial charge in [0.1, 0.15) is 0 Å². The molecule has 4 aromatic rings. The molecule has 0 saturated carbocycles. The summed E-state index contributed by atoms with van der Waals surface area (Å²) in [5, 5.41) is 4.10. The molecule has 108 valence electrons. The van der Waals surface area contributed by atoms with Gasteiger partial charge in [-0.25, -0.2) is 9.97 Å². The molecule has 0 fully saturated rings. The number of nitrogens with one attached hydrogen (secondary N) is 1. The Morgan fingerprint density at radius 2 is 1.86 bits per heavy atom. The fourth-order valence-electron chi connectivity index (χ4n) is 2.37. The second-order valence-electron chi connectivity index (χ2n) is 5.04. The SMILES string of the molecule is CCc1ccc2nc(Nc3cnc4ccccc4n3)sc2c1. The zero-order chi connectivity index (χ0) is 14.9. The van der Waals surface area contributed by atoms with Crippen LogP contribution in [0.1, 0.15) is 12.5 Å². The van der Waals surface area contributed by atoms with Crippen molar-refractivity contribution in [1.29, 1.82) is 0 Å². The third kappa shape index (κ3) is 2.40. The lowest BCUT2D eigenvalue weighted by molar-refractivity contribution is 1.15. The van der Waals surface area contributed by atoms with Gasteiger partial charge in [0.25, 0.3) is 0 Å². The molecule has 0 unspecified atom stereocenters. The third-order valence-corrected chi connectivity index (χ3v) is 4.48. The van der Waals surface area contributed by atoms with Crippen LogP contribution in [-0.2, 0) is 6.42 Å². The van der Waals surface area contributed by atoms with Crippen molar-refractivity contribution in [1.82, 2.24) is 15.0 Å². The quantitative estimate of drug-likeness (QED) is 0.603. The highest BCUT2D eigenvalue weighted by atomic mass is 32.1. The molecule has 4 rings (SSSR count). The van der Waals surface area contributed by atoms with Crippen molar-refractivity contribution in [2.45, 2.75) is 13.3 Å². The average molecular weight is 306 g/mol. The van der Waals surface area contributed by atoms with E-state index in [1.807, 2.05) is 24.3 Å². The fraction of sp³-hybridized carbons (Fsp3) is 0.118. The highest BCUT2D eigenvalue weighted by Crippen LogP contribution is 2.28. The maximum Gasteiger partial charge on any atom is 0.189 e. The van der Waals surface area contributed by atoms with E-state index >= 15 is 0 Å². The molecule has 0 amide bonds. The summed E-state index contributed by atoms with van der Waals surface area (Å²) in [6, 6.07) is 14.2. The van der Waals surface area contributed by atoms with Gasteiger partial charge in [-0.05, 0) is 36.2 Å². The molecule has 0 aliphatic carbocycles.